The normalized spacial score (nSPS) is 32.0. The summed E-state index contributed by atoms with van der Waals surface area (Å²) < 4.78 is 5.56. The zero-order valence-corrected chi connectivity index (χ0v) is 13.3. The summed E-state index contributed by atoms with van der Waals surface area (Å²) in [7, 11) is 0. The Labute approximate surface area is 142 Å². The molecule has 10 heteroatoms. The maximum Gasteiger partial charge on any atom is 0.278 e. The SMILES string of the molecule is Nc1nc(=O)c2c(c(=O)[nH]1)N=CCC([C@@H]1O[C@@H](CO)C(O)C1O)CC2. The molecule has 1 aromatic rings. The molecule has 6 N–H and O–H groups in total. The van der Waals surface area contributed by atoms with Crippen molar-refractivity contribution in [2.24, 2.45) is 10.9 Å². The maximum absolute atomic E-state index is 12.2. The number of nitrogens with zero attached hydrogens (tertiary/aromatic N) is 2. The first-order valence-corrected chi connectivity index (χ1v) is 8.00. The van der Waals surface area contributed by atoms with Crippen LogP contribution >= 0.6 is 0 Å². The van der Waals surface area contributed by atoms with E-state index < -0.39 is 42.1 Å². The number of rotatable bonds is 2. The average Bonchev–Trinajstić information content (AvgIpc) is 2.77. The molecule has 0 spiro atoms. The van der Waals surface area contributed by atoms with Crippen molar-refractivity contribution >= 4 is 17.9 Å². The predicted molar refractivity (Wildman–Crippen MR) is 87.9 cm³/mol. The molecule has 3 rings (SSSR count). The summed E-state index contributed by atoms with van der Waals surface area (Å²) >= 11 is 0. The summed E-state index contributed by atoms with van der Waals surface area (Å²) in [6.45, 7) is -0.405. The fourth-order valence-electron chi connectivity index (χ4n) is 3.32. The fraction of sp³-hybridized carbons (Fsp3) is 0.600. The molecule has 10 nitrogen and oxygen atoms in total. The van der Waals surface area contributed by atoms with Gasteiger partial charge in [0, 0.05) is 6.21 Å². The topological polar surface area (TPSA) is 171 Å². The Balaban J connectivity index is 1.90. The summed E-state index contributed by atoms with van der Waals surface area (Å²) in [5.74, 6) is -0.531. The number of nitrogens with two attached hydrogens (primary N) is 1. The standard InChI is InChI=1S/C15H20N4O6/c16-15-18-13(23)7-2-1-6(3-4-17-9(7)14(24)19-15)12-11(22)10(21)8(5-20)25-12/h4,6,8,10-12,20-22H,1-3,5H2,(H3,16,18,19,23,24)/t6?,8-,10?,11?,12-/m0/s1. The Morgan fingerprint density at radius 3 is 2.76 bits per heavy atom. The lowest BCUT2D eigenvalue weighted by molar-refractivity contribution is -0.0433. The molecule has 0 amide bonds. The zero-order chi connectivity index (χ0) is 18.1. The van der Waals surface area contributed by atoms with Crippen LogP contribution in [0.25, 0.3) is 0 Å². The lowest BCUT2D eigenvalue weighted by atomic mass is 9.88. The number of ether oxygens (including phenoxy) is 1. The lowest BCUT2D eigenvalue weighted by Gasteiger charge is -2.25. The number of aliphatic hydroxyl groups is 3. The van der Waals surface area contributed by atoms with E-state index in [4.69, 9.17) is 10.5 Å². The van der Waals surface area contributed by atoms with Gasteiger partial charge in [-0.1, -0.05) is 0 Å². The molecular formula is C15H20N4O6. The van der Waals surface area contributed by atoms with Crippen LogP contribution in [0, 0.1) is 5.92 Å². The van der Waals surface area contributed by atoms with Gasteiger partial charge in [0.15, 0.2) is 0 Å². The number of fused-ring (bicyclic) bond motifs is 1. The Morgan fingerprint density at radius 2 is 2.08 bits per heavy atom. The van der Waals surface area contributed by atoms with Gasteiger partial charge in [0.2, 0.25) is 5.95 Å². The summed E-state index contributed by atoms with van der Waals surface area (Å²) in [5.41, 5.74) is 4.35. The van der Waals surface area contributed by atoms with E-state index in [1.807, 2.05) is 0 Å². The van der Waals surface area contributed by atoms with Crippen LogP contribution in [0.4, 0.5) is 11.6 Å². The van der Waals surface area contributed by atoms with Gasteiger partial charge in [0.05, 0.1) is 18.3 Å². The molecule has 0 saturated carbocycles. The molecule has 1 fully saturated rings. The van der Waals surface area contributed by atoms with Crippen LogP contribution in [0.3, 0.4) is 0 Å². The minimum atomic E-state index is -1.18. The Bertz CT molecular complexity index is 794. The molecule has 136 valence electrons. The number of aromatic nitrogens is 2. The number of hydrogen-bond donors (Lipinski definition) is 5. The number of aliphatic hydroxyl groups excluding tert-OH is 3. The number of aromatic amines is 1. The third-order valence-corrected chi connectivity index (χ3v) is 4.66. The number of nitrogens with one attached hydrogen (secondary N) is 1. The van der Waals surface area contributed by atoms with Crippen LogP contribution in [0.15, 0.2) is 14.6 Å². The summed E-state index contributed by atoms with van der Waals surface area (Å²) in [6.07, 6.45) is -1.43. The van der Waals surface area contributed by atoms with E-state index in [9.17, 15) is 24.9 Å². The summed E-state index contributed by atoms with van der Waals surface area (Å²) in [5, 5.41) is 29.3. The number of aliphatic imine (C=N–C) groups is 1. The molecular weight excluding hydrogens is 332 g/mol. The van der Waals surface area contributed by atoms with Crippen molar-refractivity contribution in [2.45, 2.75) is 43.7 Å². The number of hydrogen-bond acceptors (Lipinski definition) is 9. The average molecular weight is 352 g/mol. The van der Waals surface area contributed by atoms with Crippen LogP contribution in [-0.4, -0.2) is 62.5 Å². The van der Waals surface area contributed by atoms with Crippen molar-refractivity contribution in [3.05, 3.63) is 26.3 Å². The molecule has 2 aliphatic rings. The highest BCUT2D eigenvalue weighted by atomic mass is 16.6. The molecule has 0 radical (unpaired) electrons. The molecule has 1 saturated heterocycles. The second-order valence-electron chi connectivity index (χ2n) is 6.23. The molecule has 0 bridgehead atoms. The Kier molecular flexibility index (Phi) is 4.95. The highest BCUT2D eigenvalue weighted by Gasteiger charge is 2.45. The van der Waals surface area contributed by atoms with Crippen molar-refractivity contribution in [1.82, 2.24) is 9.97 Å². The van der Waals surface area contributed by atoms with Gasteiger partial charge in [0.1, 0.15) is 24.0 Å². The van der Waals surface area contributed by atoms with E-state index in [0.29, 0.717) is 12.8 Å². The van der Waals surface area contributed by atoms with Gasteiger partial charge in [0.25, 0.3) is 11.1 Å². The van der Waals surface area contributed by atoms with Gasteiger partial charge in [-0.2, -0.15) is 4.98 Å². The van der Waals surface area contributed by atoms with E-state index in [0.717, 1.165) is 0 Å². The van der Waals surface area contributed by atoms with Gasteiger partial charge < -0.3 is 25.8 Å². The highest BCUT2D eigenvalue weighted by Crippen LogP contribution is 2.32. The maximum atomic E-state index is 12.2. The summed E-state index contributed by atoms with van der Waals surface area (Å²) in [4.78, 5) is 34.2. The first-order valence-electron chi connectivity index (χ1n) is 8.00. The minimum Gasteiger partial charge on any atom is -0.394 e. The molecule has 0 aromatic carbocycles. The third kappa shape index (κ3) is 3.33. The molecule has 25 heavy (non-hydrogen) atoms. The van der Waals surface area contributed by atoms with E-state index >= 15 is 0 Å². The molecule has 2 aliphatic heterocycles. The Morgan fingerprint density at radius 1 is 1.32 bits per heavy atom. The van der Waals surface area contributed by atoms with Gasteiger partial charge in [-0.3, -0.25) is 19.6 Å². The van der Waals surface area contributed by atoms with Crippen LogP contribution in [0.2, 0.25) is 0 Å². The zero-order valence-electron chi connectivity index (χ0n) is 13.3. The van der Waals surface area contributed by atoms with Crippen molar-refractivity contribution < 1.29 is 20.1 Å². The first kappa shape index (κ1) is 17.7. The molecule has 1 aromatic heterocycles. The van der Waals surface area contributed by atoms with Crippen molar-refractivity contribution in [2.75, 3.05) is 12.3 Å². The van der Waals surface area contributed by atoms with E-state index in [1.165, 1.54) is 6.21 Å². The smallest absolute Gasteiger partial charge is 0.278 e. The monoisotopic (exact) mass is 352 g/mol. The van der Waals surface area contributed by atoms with E-state index in [1.54, 1.807) is 0 Å². The lowest BCUT2D eigenvalue weighted by Crippen LogP contribution is -2.37. The number of nitrogen functional groups attached to an aromatic ring is 1. The molecule has 3 heterocycles. The summed E-state index contributed by atoms with van der Waals surface area (Å²) in [6, 6.07) is 0. The first-order chi connectivity index (χ1) is 11.9. The van der Waals surface area contributed by atoms with Crippen molar-refractivity contribution in [3.8, 4) is 0 Å². The predicted octanol–water partition coefficient (Wildman–Crippen LogP) is -2.15. The van der Waals surface area contributed by atoms with Gasteiger partial charge in [-0.05, 0) is 25.2 Å². The molecule has 3 unspecified atom stereocenters. The largest absolute Gasteiger partial charge is 0.394 e. The second-order valence-corrected chi connectivity index (χ2v) is 6.23. The van der Waals surface area contributed by atoms with Gasteiger partial charge in [-0.15, -0.1) is 0 Å². The Hall–Kier alpha value is -2.14. The van der Waals surface area contributed by atoms with Crippen LogP contribution in [-0.2, 0) is 11.2 Å². The number of anilines is 1. The second kappa shape index (κ2) is 7.00. The molecule has 5 atom stereocenters. The van der Waals surface area contributed by atoms with E-state index in [-0.39, 0.29) is 29.5 Å². The fourth-order valence-corrected chi connectivity index (χ4v) is 3.32. The van der Waals surface area contributed by atoms with Crippen molar-refractivity contribution in [1.29, 1.82) is 0 Å². The highest BCUT2D eigenvalue weighted by molar-refractivity contribution is 5.65. The van der Waals surface area contributed by atoms with Crippen LogP contribution < -0.4 is 16.9 Å². The minimum absolute atomic E-state index is 0.0196. The molecule has 0 aliphatic carbocycles. The quantitative estimate of drug-likeness (QED) is 0.401. The van der Waals surface area contributed by atoms with E-state index in [2.05, 4.69) is 15.0 Å². The van der Waals surface area contributed by atoms with Gasteiger partial charge in [-0.25, -0.2) is 0 Å². The van der Waals surface area contributed by atoms with Crippen LogP contribution in [0.5, 0.6) is 0 Å². The number of H-pyrrole nitrogens is 1. The van der Waals surface area contributed by atoms with Crippen molar-refractivity contribution in [3.63, 3.8) is 0 Å². The van der Waals surface area contributed by atoms with Crippen LogP contribution in [0.1, 0.15) is 18.4 Å². The van der Waals surface area contributed by atoms with Gasteiger partial charge >= 0.3 is 0 Å². The third-order valence-electron chi connectivity index (χ3n) is 4.66.